The fourth-order valence-electron chi connectivity index (χ4n) is 10.7. The Balaban J connectivity index is 1.14. The van der Waals surface area contributed by atoms with Gasteiger partial charge in [0.05, 0.1) is 5.69 Å². The highest BCUT2D eigenvalue weighted by molar-refractivity contribution is 6.94. The summed E-state index contributed by atoms with van der Waals surface area (Å²) in [6.45, 7) is -0.176. The average molecular weight is 866 g/mol. The van der Waals surface area contributed by atoms with Crippen molar-refractivity contribution in [1.82, 2.24) is 0 Å². The maximum Gasteiger partial charge on any atom is 0.333 e. The zero-order valence-electron chi connectivity index (χ0n) is 37.3. The molecule has 11 aromatic carbocycles. The maximum absolute atomic E-state index is 2.62. The second-order valence-corrected chi connectivity index (χ2v) is 17.7. The molecule has 0 amide bonds. The van der Waals surface area contributed by atoms with Crippen LogP contribution in [0.2, 0.25) is 0 Å². The van der Waals surface area contributed by atoms with Crippen LogP contribution in [0.4, 0.5) is 45.5 Å². The van der Waals surface area contributed by atoms with Gasteiger partial charge in [-0.05, 0) is 134 Å². The fraction of sp³-hybridized carbons (Fsp3) is 0. The van der Waals surface area contributed by atoms with Gasteiger partial charge in [-0.3, -0.25) is 0 Å². The molecule has 0 aromatic heterocycles. The number of hydrogen-bond acceptors (Lipinski definition) is 3. The van der Waals surface area contributed by atoms with E-state index in [0.29, 0.717) is 0 Å². The molecule has 0 atom stereocenters. The first kappa shape index (κ1) is 39.5. The van der Waals surface area contributed by atoms with Gasteiger partial charge in [-0.25, -0.2) is 0 Å². The van der Waals surface area contributed by atoms with Crippen LogP contribution in [0.25, 0.3) is 55.3 Å². The number of nitrogens with zero attached hydrogens (tertiary/aromatic N) is 3. The summed E-state index contributed by atoms with van der Waals surface area (Å²) in [6, 6.07) is 97.7. The molecule has 4 heteroatoms. The molecule has 0 bridgehead atoms. The SMILES string of the molecule is c1ccc(-c2cccc(N3B4c5ccc(N(c6ccccc6)c6ccccc6)cc5N(c5cccc(-c6ccccc6)c5)c5c4c(cc4ccccc54)-c4cc(-c5ccccc5)ccc43)c2)cc1. The lowest BCUT2D eigenvalue weighted by molar-refractivity contribution is 1.25. The summed E-state index contributed by atoms with van der Waals surface area (Å²) in [4.78, 5) is 7.58. The molecule has 3 nitrogen and oxygen atoms in total. The molecule has 13 rings (SSSR count). The third-order valence-electron chi connectivity index (χ3n) is 13.7. The Morgan fingerprint density at radius 2 is 0.838 bits per heavy atom. The van der Waals surface area contributed by atoms with Gasteiger partial charge in [0.2, 0.25) is 0 Å². The quantitative estimate of drug-likeness (QED) is 0.141. The van der Waals surface area contributed by atoms with E-state index in [2.05, 4.69) is 282 Å². The largest absolute Gasteiger partial charge is 0.376 e. The van der Waals surface area contributed by atoms with Crippen LogP contribution < -0.4 is 25.5 Å². The molecule has 11 aromatic rings. The van der Waals surface area contributed by atoms with Crippen molar-refractivity contribution in [3.05, 3.63) is 267 Å². The smallest absolute Gasteiger partial charge is 0.333 e. The molecule has 0 fully saturated rings. The van der Waals surface area contributed by atoms with Crippen molar-refractivity contribution in [1.29, 1.82) is 0 Å². The summed E-state index contributed by atoms with van der Waals surface area (Å²) in [5.41, 5.74) is 21.1. The number of fused-ring (bicyclic) bond motifs is 6. The molecule has 0 unspecified atom stereocenters. The van der Waals surface area contributed by atoms with Gasteiger partial charge in [0.25, 0.3) is 0 Å². The third kappa shape index (κ3) is 6.69. The van der Waals surface area contributed by atoms with Crippen LogP contribution in [0, 0.1) is 0 Å². The van der Waals surface area contributed by atoms with Crippen molar-refractivity contribution < 1.29 is 0 Å². The molecule has 0 N–H and O–H groups in total. The molecule has 2 aliphatic rings. The Morgan fingerprint density at radius 3 is 1.46 bits per heavy atom. The maximum atomic E-state index is 2.62. The van der Waals surface area contributed by atoms with Crippen molar-refractivity contribution in [2.45, 2.75) is 0 Å². The van der Waals surface area contributed by atoms with Crippen LogP contribution in [0.5, 0.6) is 0 Å². The zero-order chi connectivity index (χ0) is 45.0. The highest BCUT2D eigenvalue weighted by atomic mass is 15.2. The van der Waals surface area contributed by atoms with E-state index >= 15 is 0 Å². The second kappa shape index (κ2) is 16.5. The van der Waals surface area contributed by atoms with Crippen LogP contribution in [0.15, 0.2) is 267 Å². The number of hydrogen-bond donors (Lipinski definition) is 0. The number of anilines is 8. The van der Waals surface area contributed by atoms with E-state index in [1.165, 1.54) is 77.6 Å². The molecule has 0 radical (unpaired) electrons. The number of rotatable bonds is 8. The van der Waals surface area contributed by atoms with E-state index in [-0.39, 0.29) is 6.85 Å². The molecule has 0 saturated heterocycles. The topological polar surface area (TPSA) is 9.72 Å². The monoisotopic (exact) mass is 865 g/mol. The van der Waals surface area contributed by atoms with Gasteiger partial charge >= 0.3 is 6.85 Å². The normalized spacial score (nSPS) is 12.3. The van der Waals surface area contributed by atoms with Gasteiger partial charge < -0.3 is 14.6 Å². The summed E-state index contributed by atoms with van der Waals surface area (Å²) in [5, 5.41) is 2.41. The third-order valence-corrected chi connectivity index (χ3v) is 13.7. The number of benzene rings is 11. The first-order valence-electron chi connectivity index (χ1n) is 23.5. The Morgan fingerprint density at radius 1 is 0.324 bits per heavy atom. The summed E-state index contributed by atoms with van der Waals surface area (Å²) in [6.07, 6.45) is 0. The molecule has 0 aliphatic carbocycles. The zero-order valence-corrected chi connectivity index (χ0v) is 37.3. The minimum absolute atomic E-state index is 0.176. The van der Waals surface area contributed by atoms with Crippen LogP contribution in [-0.2, 0) is 0 Å². The average Bonchev–Trinajstić information content (AvgIpc) is 3.42. The lowest BCUT2D eigenvalue weighted by Gasteiger charge is -2.46. The fourth-order valence-corrected chi connectivity index (χ4v) is 10.7. The highest BCUT2D eigenvalue weighted by Gasteiger charge is 2.46. The first-order valence-corrected chi connectivity index (χ1v) is 23.5. The Hall–Kier alpha value is -8.86. The predicted octanol–water partition coefficient (Wildman–Crippen LogP) is 16.0. The summed E-state index contributed by atoms with van der Waals surface area (Å²) < 4.78 is 0. The van der Waals surface area contributed by atoms with Gasteiger partial charge in [-0.15, -0.1) is 0 Å². The Labute approximate surface area is 398 Å². The Bertz CT molecular complexity index is 3600. The lowest BCUT2D eigenvalue weighted by atomic mass is 9.43. The van der Waals surface area contributed by atoms with E-state index in [9.17, 15) is 0 Å². The molecular weight excluding hydrogens is 822 g/mol. The summed E-state index contributed by atoms with van der Waals surface area (Å²) in [7, 11) is 0. The standard InChI is InChI=1S/C64H44BN3/c1-6-20-45(21-7-1)48-27-18-33-54(40-48)67-62-44-55(66(52-29-12-4-13-30-52)53-31-14-5-15-32-53)37-38-60(62)65-63-59(43-51-26-16-17-35-57(51)64(63)67)58-42-50(47-24-10-3-11-25-47)36-39-61(58)68(65)56-34-19-28-49(41-56)46-22-8-2-9-23-46/h1-44H. The van der Waals surface area contributed by atoms with E-state index in [4.69, 9.17) is 0 Å². The van der Waals surface area contributed by atoms with Crippen LogP contribution in [0.1, 0.15) is 0 Å². The molecule has 2 aliphatic heterocycles. The van der Waals surface area contributed by atoms with E-state index in [1.807, 2.05) is 0 Å². The van der Waals surface area contributed by atoms with Crippen molar-refractivity contribution in [2.75, 3.05) is 14.6 Å². The van der Waals surface area contributed by atoms with Gasteiger partial charge in [0.15, 0.2) is 0 Å². The van der Waals surface area contributed by atoms with E-state index < -0.39 is 0 Å². The molecule has 318 valence electrons. The lowest BCUT2D eigenvalue weighted by Crippen LogP contribution is -2.61. The van der Waals surface area contributed by atoms with Crippen molar-refractivity contribution in [3.8, 4) is 44.5 Å². The predicted molar refractivity (Wildman–Crippen MR) is 289 cm³/mol. The van der Waals surface area contributed by atoms with Gasteiger partial charge in [0.1, 0.15) is 0 Å². The summed E-state index contributed by atoms with van der Waals surface area (Å²) in [5.74, 6) is 0. The Kier molecular flexibility index (Phi) is 9.61. The van der Waals surface area contributed by atoms with E-state index in [1.54, 1.807) is 0 Å². The van der Waals surface area contributed by atoms with Crippen LogP contribution in [0.3, 0.4) is 0 Å². The molecular formula is C64H44BN3. The molecule has 0 saturated carbocycles. The number of para-hydroxylation sites is 2. The van der Waals surface area contributed by atoms with E-state index in [0.717, 1.165) is 34.1 Å². The minimum atomic E-state index is -0.176. The van der Waals surface area contributed by atoms with Crippen LogP contribution in [-0.4, -0.2) is 6.85 Å². The summed E-state index contributed by atoms with van der Waals surface area (Å²) >= 11 is 0. The van der Waals surface area contributed by atoms with Crippen LogP contribution >= 0.6 is 0 Å². The van der Waals surface area contributed by atoms with Crippen molar-refractivity contribution in [3.63, 3.8) is 0 Å². The molecule has 2 heterocycles. The van der Waals surface area contributed by atoms with Gasteiger partial charge in [-0.1, -0.05) is 188 Å². The second-order valence-electron chi connectivity index (χ2n) is 17.7. The van der Waals surface area contributed by atoms with Crippen molar-refractivity contribution >= 4 is 74.0 Å². The first-order chi connectivity index (χ1) is 33.7. The molecule has 0 spiro atoms. The minimum Gasteiger partial charge on any atom is -0.376 e. The van der Waals surface area contributed by atoms with Gasteiger partial charge in [-0.2, -0.15) is 0 Å². The van der Waals surface area contributed by atoms with Gasteiger partial charge in [0, 0.05) is 50.8 Å². The van der Waals surface area contributed by atoms with Crippen molar-refractivity contribution in [2.24, 2.45) is 0 Å². The molecule has 68 heavy (non-hydrogen) atoms. The highest BCUT2D eigenvalue weighted by Crippen LogP contribution is 2.51.